The van der Waals surface area contributed by atoms with Crippen LogP contribution in [0.5, 0.6) is 11.5 Å². The van der Waals surface area contributed by atoms with Crippen LogP contribution in [0.4, 0.5) is 0 Å². The summed E-state index contributed by atoms with van der Waals surface area (Å²) >= 11 is 0. The lowest BCUT2D eigenvalue weighted by molar-refractivity contribution is 0.232. The molecule has 0 saturated carbocycles. The number of phosphoric ester groups is 2. The van der Waals surface area contributed by atoms with Gasteiger partial charge in [0, 0.05) is 11.1 Å². The molecule has 0 aliphatic heterocycles. The van der Waals surface area contributed by atoms with Gasteiger partial charge in [0.05, 0.1) is 0 Å². The van der Waals surface area contributed by atoms with Gasteiger partial charge in [-0.1, -0.05) is 77.9 Å². The Morgan fingerprint density at radius 1 is 0.655 bits per heavy atom. The van der Waals surface area contributed by atoms with Crippen LogP contribution in [0.2, 0.25) is 0 Å². The number of para-hydroxylation sites is 2. The van der Waals surface area contributed by atoms with Crippen LogP contribution >= 0.6 is 15.6 Å². The Bertz CT molecular complexity index is 880. The van der Waals surface area contributed by atoms with Crippen molar-refractivity contribution in [3.63, 3.8) is 0 Å². The van der Waals surface area contributed by atoms with E-state index in [2.05, 4.69) is 4.31 Å². The predicted molar refractivity (Wildman–Crippen MR) is 112 cm³/mol. The lowest BCUT2D eigenvalue weighted by Crippen LogP contribution is -2.14. The van der Waals surface area contributed by atoms with Gasteiger partial charge in [-0.3, -0.25) is 9.79 Å². The molecule has 0 fully saturated rings. The molecule has 0 spiro atoms. The third-order valence-corrected chi connectivity index (χ3v) is 6.53. The van der Waals surface area contributed by atoms with Crippen molar-refractivity contribution in [2.75, 3.05) is 0 Å². The van der Waals surface area contributed by atoms with Crippen LogP contribution in [0, 0.1) is 0 Å². The molecule has 0 saturated heterocycles. The molecule has 0 aliphatic carbocycles. The Balaban J connectivity index is 2.25. The van der Waals surface area contributed by atoms with Crippen molar-refractivity contribution in [2.45, 2.75) is 52.4 Å². The molecular formula is C20H28O7P2. The third-order valence-electron chi connectivity index (χ3n) is 4.02. The van der Waals surface area contributed by atoms with Gasteiger partial charge >= 0.3 is 15.6 Å². The zero-order valence-corrected chi connectivity index (χ0v) is 19.2. The molecule has 0 aromatic heterocycles. The highest BCUT2D eigenvalue weighted by Crippen LogP contribution is 2.60. The van der Waals surface area contributed by atoms with E-state index in [0.29, 0.717) is 11.1 Å². The minimum absolute atomic E-state index is 0.0842. The highest BCUT2D eigenvalue weighted by Gasteiger charge is 2.39. The maximum Gasteiger partial charge on any atom is 0.537 e. The molecule has 0 aliphatic rings. The van der Waals surface area contributed by atoms with Gasteiger partial charge in [-0.05, 0) is 23.0 Å². The molecule has 0 radical (unpaired) electrons. The third kappa shape index (κ3) is 6.70. The van der Waals surface area contributed by atoms with Crippen molar-refractivity contribution in [2.24, 2.45) is 0 Å². The van der Waals surface area contributed by atoms with Crippen LogP contribution in [-0.4, -0.2) is 9.79 Å². The van der Waals surface area contributed by atoms with E-state index in [0.717, 1.165) is 0 Å². The van der Waals surface area contributed by atoms with Gasteiger partial charge in [-0.25, -0.2) is 9.13 Å². The maximum atomic E-state index is 12.4. The number of hydrogen-bond donors (Lipinski definition) is 2. The molecule has 0 heterocycles. The first-order chi connectivity index (χ1) is 13.1. The van der Waals surface area contributed by atoms with Gasteiger partial charge in [0.25, 0.3) is 0 Å². The zero-order valence-electron chi connectivity index (χ0n) is 17.4. The number of benzene rings is 2. The first kappa shape index (κ1) is 23.7. The fourth-order valence-corrected chi connectivity index (χ4v) is 4.87. The second-order valence-electron chi connectivity index (χ2n) is 8.69. The van der Waals surface area contributed by atoms with Crippen molar-refractivity contribution >= 4 is 15.6 Å². The molecule has 2 unspecified atom stereocenters. The topological polar surface area (TPSA) is 102 Å². The normalized spacial score (nSPS) is 16.6. The summed E-state index contributed by atoms with van der Waals surface area (Å²) in [6.07, 6.45) is 0. The van der Waals surface area contributed by atoms with Gasteiger partial charge < -0.3 is 9.05 Å². The largest absolute Gasteiger partial charge is 0.537 e. The van der Waals surface area contributed by atoms with Crippen LogP contribution in [-0.2, 0) is 24.3 Å². The molecule has 9 heteroatoms. The monoisotopic (exact) mass is 442 g/mol. The van der Waals surface area contributed by atoms with Crippen LogP contribution in [0.15, 0.2) is 48.5 Å². The van der Waals surface area contributed by atoms with E-state index in [1.807, 2.05) is 41.5 Å². The van der Waals surface area contributed by atoms with Gasteiger partial charge in [-0.2, -0.15) is 4.31 Å². The predicted octanol–water partition coefficient (Wildman–Crippen LogP) is 5.96. The van der Waals surface area contributed by atoms with Crippen molar-refractivity contribution in [1.82, 2.24) is 0 Å². The zero-order chi connectivity index (χ0) is 22.1. The van der Waals surface area contributed by atoms with E-state index in [1.54, 1.807) is 36.4 Å². The highest BCUT2D eigenvalue weighted by atomic mass is 31.3. The van der Waals surface area contributed by atoms with E-state index in [4.69, 9.17) is 9.05 Å². The first-order valence-electron chi connectivity index (χ1n) is 9.06. The van der Waals surface area contributed by atoms with E-state index in [-0.39, 0.29) is 22.3 Å². The molecule has 160 valence electrons. The quantitative estimate of drug-likeness (QED) is 0.533. The maximum absolute atomic E-state index is 12.4. The summed E-state index contributed by atoms with van der Waals surface area (Å²) in [5.41, 5.74) is 0.512. The minimum atomic E-state index is -4.96. The molecule has 2 rings (SSSR count). The van der Waals surface area contributed by atoms with Crippen LogP contribution in [0.25, 0.3) is 0 Å². The fraction of sp³-hybridized carbons (Fsp3) is 0.400. The summed E-state index contributed by atoms with van der Waals surface area (Å²) in [5, 5.41) is 0. The van der Waals surface area contributed by atoms with Gasteiger partial charge in [0.1, 0.15) is 11.5 Å². The smallest absolute Gasteiger partial charge is 0.404 e. The number of phosphoric acid groups is 2. The Morgan fingerprint density at radius 3 is 1.28 bits per heavy atom. The summed E-state index contributed by atoms with van der Waals surface area (Å²) in [5.74, 6) is 0.168. The number of hydrogen-bond acceptors (Lipinski definition) is 5. The Kier molecular flexibility index (Phi) is 6.73. The molecule has 2 aromatic carbocycles. The fourth-order valence-electron chi connectivity index (χ4n) is 2.74. The average molecular weight is 442 g/mol. The molecule has 2 atom stereocenters. The van der Waals surface area contributed by atoms with E-state index in [9.17, 15) is 18.9 Å². The molecule has 0 amide bonds. The van der Waals surface area contributed by atoms with Crippen molar-refractivity contribution in [3.8, 4) is 11.5 Å². The Labute approximate surface area is 171 Å². The molecular weight excluding hydrogens is 414 g/mol. The van der Waals surface area contributed by atoms with Crippen LogP contribution in [0.1, 0.15) is 52.7 Å². The summed E-state index contributed by atoms with van der Waals surface area (Å²) in [6, 6.07) is 13.2. The van der Waals surface area contributed by atoms with Crippen LogP contribution < -0.4 is 9.05 Å². The van der Waals surface area contributed by atoms with Gasteiger partial charge in [-0.15, -0.1) is 0 Å². The second kappa shape index (κ2) is 8.25. The molecule has 29 heavy (non-hydrogen) atoms. The van der Waals surface area contributed by atoms with E-state index >= 15 is 0 Å². The molecule has 2 N–H and O–H groups in total. The lowest BCUT2D eigenvalue weighted by atomic mass is 9.86. The van der Waals surface area contributed by atoms with Crippen molar-refractivity contribution < 1.29 is 32.3 Å². The average Bonchev–Trinajstić information content (AvgIpc) is 2.51. The van der Waals surface area contributed by atoms with E-state index < -0.39 is 15.6 Å². The first-order valence-corrected chi connectivity index (χ1v) is 12.0. The molecule has 7 nitrogen and oxygen atoms in total. The summed E-state index contributed by atoms with van der Waals surface area (Å²) in [6.45, 7) is 11.4. The standard InChI is InChI=1S/C20H28O7P2/c1-19(2,3)15-11-7-9-13-17(15)25-28(21,22)27-29(23,24)26-18-14-10-8-12-16(18)20(4,5)6/h7-14H,1-6H3,(H,21,22)(H,23,24). The van der Waals surface area contributed by atoms with Crippen molar-refractivity contribution in [3.05, 3.63) is 59.7 Å². The Morgan fingerprint density at radius 2 is 0.966 bits per heavy atom. The Hall–Kier alpha value is -1.62. The van der Waals surface area contributed by atoms with Crippen LogP contribution in [0.3, 0.4) is 0 Å². The number of rotatable bonds is 6. The summed E-state index contributed by atoms with van der Waals surface area (Å²) in [4.78, 5) is 20.2. The van der Waals surface area contributed by atoms with Gasteiger partial charge in [0.15, 0.2) is 0 Å². The highest BCUT2D eigenvalue weighted by molar-refractivity contribution is 7.61. The minimum Gasteiger partial charge on any atom is -0.404 e. The molecule has 2 aromatic rings. The van der Waals surface area contributed by atoms with Gasteiger partial charge in [0.2, 0.25) is 0 Å². The summed E-state index contributed by atoms with van der Waals surface area (Å²) < 4.78 is 39.7. The summed E-state index contributed by atoms with van der Waals surface area (Å²) in [7, 11) is -9.93. The van der Waals surface area contributed by atoms with Crippen molar-refractivity contribution in [1.29, 1.82) is 0 Å². The van der Waals surface area contributed by atoms with E-state index in [1.165, 1.54) is 12.1 Å². The second-order valence-corrected chi connectivity index (χ2v) is 11.6. The lowest BCUT2D eigenvalue weighted by Gasteiger charge is -2.25. The molecule has 0 bridgehead atoms. The SMILES string of the molecule is CC(C)(C)c1ccccc1OP(=O)(O)OP(=O)(O)Oc1ccccc1C(C)(C)C.